The number of benzene rings is 2. The van der Waals surface area contributed by atoms with E-state index in [0.717, 1.165) is 29.5 Å². The van der Waals surface area contributed by atoms with E-state index in [9.17, 15) is 9.59 Å². The molecule has 0 aliphatic rings. The second-order valence-corrected chi connectivity index (χ2v) is 5.91. The number of ether oxygens (including phenoxy) is 1. The summed E-state index contributed by atoms with van der Waals surface area (Å²) in [6.45, 7) is 2.03. The van der Waals surface area contributed by atoms with Gasteiger partial charge in [-0.1, -0.05) is 67.9 Å². The molecular weight excluding hydrogens is 300 g/mol. The molecule has 0 radical (unpaired) electrons. The van der Waals surface area contributed by atoms with Gasteiger partial charge in [0.25, 0.3) is 0 Å². The van der Waals surface area contributed by atoms with Crippen molar-refractivity contribution in [2.45, 2.75) is 32.6 Å². The molecule has 0 N–H and O–H groups in total. The third kappa shape index (κ3) is 4.79. The van der Waals surface area contributed by atoms with Crippen molar-refractivity contribution >= 4 is 11.8 Å². The molecule has 0 aliphatic heterocycles. The standard InChI is InChI=1S/C21H24O3/c1-3-4-10-20(22)19(21(23)24-2)15-16-11-13-18(14-12-16)17-8-6-5-7-9-17/h5-9,11-14,19H,3-4,10,15H2,1-2H3. The van der Waals surface area contributed by atoms with E-state index in [1.165, 1.54) is 7.11 Å². The highest BCUT2D eigenvalue weighted by Gasteiger charge is 2.27. The van der Waals surface area contributed by atoms with Crippen LogP contribution in [-0.2, 0) is 20.7 Å². The number of methoxy groups -OCH3 is 1. The molecular formula is C21H24O3. The minimum absolute atomic E-state index is 0.0316. The minimum Gasteiger partial charge on any atom is -0.468 e. The van der Waals surface area contributed by atoms with Crippen molar-refractivity contribution in [3.63, 3.8) is 0 Å². The maximum absolute atomic E-state index is 12.3. The highest BCUT2D eigenvalue weighted by Crippen LogP contribution is 2.21. The van der Waals surface area contributed by atoms with E-state index in [1.807, 2.05) is 49.4 Å². The molecule has 0 amide bonds. The quantitative estimate of drug-likeness (QED) is 0.532. The molecule has 0 saturated carbocycles. The highest BCUT2D eigenvalue weighted by atomic mass is 16.5. The van der Waals surface area contributed by atoms with Crippen molar-refractivity contribution in [3.8, 4) is 11.1 Å². The largest absolute Gasteiger partial charge is 0.468 e. The molecule has 0 spiro atoms. The Hall–Kier alpha value is -2.42. The molecule has 0 aliphatic carbocycles. The van der Waals surface area contributed by atoms with Crippen molar-refractivity contribution in [3.05, 3.63) is 60.2 Å². The van der Waals surface area contributed by atoms with Crippen molar-refractivity contribution < 1.29 is 14.3 Å². The summed E-state index contributed by atoms with van der Waals surface area (Å²) in [5, 5.41) is 0. The zero-order valence-corrected chi connectivity index (χ0v) is 14.3. The Morgan fingerprint density at radius 3 is 2.17 bits per heavy atom. The molecule has 0 fully saturated rings. The maximum Gasteiger partial charge on any atom is 0.316 e. The number of carbonyl (C=O) groups excluding carboxylic acids is 2. The van der Waals surface area contributed by atoms with Gasteiger partial charge in [0.2, 0.25) is 0 Å². The number of hydrogen-bond donors (Lipinski definition) is 0. The molecule has 0 aromatic heterocycles. The highest BCUT2D eigenvalue weighted by molar-refractivity contribution is 5.99. The lowest BCUT2D eigenvalue weighted by Gasteiger charge is -2.14. The van der Waals surface area contributed by atoms with Gasteiger partial charge in [-0.05, 0) is 29.5 Å². The summed E-state index contributed by atoms with van der Waals surface area (Å²) in [7, 11) is 1.33. The first-order chi connectivity index (χ1) is 11.7. The minimum atomic E-state index is -0.705. The third-order valence-corrected chi connectivity index (χ3v) is 4.15. The van der Waals surface area contributed by atoms with Crippen LogP contribution in [0.15, 0.2) is 54.6 Å². The molecule has 2 rings (SSSR count). The number of esters is 1. The van der Waals surface area contributed by atoms with Gasteiger partial charge in [-0.15, -0.1) is 0 Å². The van der Waals surface area contributed by atoms with Gasteiger partial charge < -0.3 is 4.74 Å². The van der Waals surface area contributed by atoms with Gasteiger partial charge in [0.1, 0.15) is 11.7 Å². The van der Waals surface area contributed by atoms with E-state index in [4.69, 9.17) is 4.74 Å². The van der Waals surface area contributed by atoms with E-state index in [1.54, 1.807) is 0 Å². The number of ketones is 1. The molecule has 2 aromatic carbocycles. The lowest BCUT2D eigenvalue weighted by atomic mass is 9.91. The van der Waals surface area contributed by atoms with E-state index in [2.05, 4.69) is 12.1 Å². The Morgan fingerprint density at radius 2 is 1.58 bits per heavy atom. The van der Waals surface area contributed by atoms with Crippen molar-refractivity contribution in [2.24, 2.45) is 5.92 Å². The second-order valence-electron chi connectivity index (χ2n) is 5.91. The molecule has 24 heavy (non-hydrogen) atoms. The molecule has 0 bridgehead atoms. The van der Waals surface area contributed by atoms with Gasteiger partial charge >= 0.3 is 5.97 Å². The van der Waals surface area contributed by atoms with Crippen LogP contribution in [0.5, 0.6) is 0 Å². The molecule has 1 unspecified atom stereocenters. The topological polar surface area (TPSA) is 43.4 Å². The van der Waals surface area contributed by atoms with Crippen LogP contribution < -0.4 is 0 Å². The smallest absolute Gasteiger partial charge is 0.316 e. The first kappa shape index (κ1) is 17.9. The SMILES string of the molecule is CCCCC(=O)C(Cc1ccc(-c2ccccc2)cc1)C(=O)OC. The van der Waals surface area contributed by atoms with Gasteiger partial charge in [-0.2, -0.15) is 0 Å². The fourth-order valence-electron chi connectivity index (χ4n) is 2.70. The zero-order valence-electron chi connectivity index (χ0n) is 14.3. The Bertz CT molecular complexity index is 659. The Labute approximate surface area is 143 Å². The van der Waals surface area contributed by atoms with Crippen LogP contribution in [0.25, 0.3) is 11.1 Å². The van der Waals surface area contributed by atoms with Crippen LogP contribution in [0.4, 0.5) is 0 Å². The molecule has 3 heteroatoms. The number of Topliss-reactive ketones (excluding diaryl/α,β-unsaturated/α-hetero) is 1. The van der Waals surface area contributed by atoms with Crippen LogP contribution in [0.1, 0.15) is 31.7 Å². The summed E-state index contributed by atoms with van der Waals surface area (Å²) in [4.78, 5) is 24.3. The van der Waals surface area contributed by atoms with Crippen molar-refractivity contribution in [1.82, 2.24) is 0 Å². The Balaban J connectivity index is 2.11. The van der Waals surface area contributed by atoms with Gasteiger partial charge in [0.15, 0.2) is 0 Å². The number of hydrogen-bond acceptors (Lipinski definition) is 3. The fourth-order valence-corrected chi connectivity index (χ4v) is 2.70. The van der Waals surface area contributed by atoms with Crippen LogP contribution in [0, 0.1) is 5.92 Å². The Kier molecular flexibility index (Phi) is 6.74. The normalized spacial score (nSPS) is 11.8. The van der Waals surface area contributed by atoms with Gasteiger partial charge in [0.05, 0.1) is 7.11 Å². The number of carbonyl (C=O) groups is 2. The summed E-state index contributed by atoms with van der Waals surface area (Å²) >= 11 is 0. The number of unbranched alkanes of at least 4 members (excludes halogenated alkanes) is 1. The lowest BCUT2D eigenvalue weighted by molar-refractivity contribution is -0.149. The molecule has 126 valence electrons. The maximum atomic E-state index is 12.3. The lowest BCUT2D eigenvalue weighted by Crippen LogP contribution is -2.27. The molecule has 0 heterocycles. The van der Waals surface area contributed by atoms with Crippen molar-refractivity contribution in [1.29, 1.82) is 0 Å². The predicted octanol–water partition coefficient (Wildman–Crippen LogP) is 4.44. The molecule has 3 nitrogen and oxygen atoms in total. The second kappa shape index (κ2) is 9.02. The van der Waals surface area contributed by atoms with E-state index < -0.39 is 11.9 Å². The van der Waals surface area contributed by atoms with Crippen LogP contribution in [-0.4, -0.2) is 18.9 Å². The Morgan fingerprint density at radius 1 is 0.958 bits per heavy atom. The molecule has 2 aromatic rings. The average Bonchev–Trinajstić information content (AvgIpc) is 2.64. The van der Waals surface area contributed by atoms with Crippen LogP contribution in [0.3, 0.4) is 0 Å². The molecule has 0 saturated heterocycles. The van der Waals surface area contributed by atoms with E-state index in [-0.39, 0.29) is 5.78 Å². The summed E-state index contributed by atoms with van der Waals surface area (Å²) in [5.41, 5.74) is 3.23. The van der Waals surface area contributed by atoms with Gasteiger partial charge in [-0.3, -0.25) is 9.59 Å². The predicted molar refractivity (Wildman–Crippen MR) is 95.6 cm³/mol. The third-order valence-electron chi connectivity index (χ3n) is 4.15. The fraction of sp³-hybridized carbons (Fsp3) is 0.333. The summed E-state index contributed by atoms with van der Waals surface area (Å²) in [5.74, 6) is -1.18. The van der Waals surface area contributed by atoms with Crippen LogP contribution in [0.2, 0.25) is 0 Å². The van der Waals surface area contributed by atoms with Crippen molar-refractivity contribution in [2.75, 3.05) is 7.11 Å². The van der Waals surface area contributed by atoms with Crippen LogP contribution >= 0.6 is 0 Å². The first-order valence-electron chi connectivity index (χ1n) is 8.40. The number of rotatable bonds is 8. The summed E-state index contributed by atoms with van der Waals surface area (Å²) in [6.07, 6.45) is 2.56. The monoisotopic (exact) mass is 324 g/mol. The summed E-state index contributed by atoms with van der Waals surface area (Å²) < 4.78 is 4.82. The first-order valence-corrected chi connectivity index (χ1v) is 8.40. The van der Waals surface area contributed by atoms with E-state index in [0.29, 0.717) is 12.8 Å². The molecule has 1 atom stereocenters. The summed E-state index contributed by atoms with van der Waals surface area (Å²) in [6, 6.07) is 18.1. The van der Waals surface area contributed by atoms with Gasteiger partial charge in [0, 0.05) is 6.42 Å². The zero-order chi connectivity index (χ0) is 17.4. The average molecular weight is 324 g/mol. The van der Waals surface area contributed by atoms with Gasteiger partial charge in [-0.25, -0.2) is 0 Å². The van der Waals surface area contributed by atoms with E-state index >= 15 is 0 Å².